The highest BCUT2D eigenvalue weighted by molar-refractivity contribution is 5.46. The van der Waals surface area contributed by atoms with Gasteiger partial charge in [-0.05, 0) is 25.7 Å². The maximum Gasteiger partial charge on any atom is 0.207 e. The van der Waals surface area contributed by atoms with Crippen LogP contribution >= 0.6 is 0 Å². The van der Waals surface area contributed by atoms with Crippen molar-refractivity contribution in [2.45, 2.75) is 37.8 Å². The van der Waals surface area contributed by atoms with E-state index in [1.165, 1.54) is 12.8 Å². The summed E-state index contributed by atoms with van der Waals surface area (Å²) in [5.74, 6) is 0. The zero-order valence-corrected chi connectivity index (χ0v) is 10.2. The van der Waals surface area contributed by atoms with Gasteiger partial charge in [0.2, 0.25) is 6.41 Å². The van der Waals surface area contributed by atoms with Gasteiger partial charge < -0.3 is 15.5 Å². The normalized spacial score (nSPS) is 23.3. The Labute approximate surface area is 103 Å². The lowest BCUT2D eigenvalue weighted by Crippen LogP contribution is -2.38. The summed E-state index contributed by atoms with van der Waals surface area (Å²) in [6.45, 7) is 9.72. The average molecular weight is 235 g/mol. The molecule has 1 aliphatic heterocycles. The van der Waals surface area contributed by atoms with E-state index in [0.717, 1.165) is 30.8 Å². The Morgan fingerprint density at radius 2 is 2.12 bits per heavy atom. The standard InChI is InChI=1S/C13H21N3O/c1-10(8-14-9-17)16-7-3-4-13(16)11(2)15-12-5-6-12/h9,12-13,15H,1-8H2,(H,14,17)/t13-/m0/s1. The van der Waals surface area contributed by atoms with E-state index in [4.69, 9.17) is 0 Å². The quantitative estimate of drug-likeness (QED) is 0.646. The fraction of sp³-hybridized carbons (Fsp3) is 0.615. The number of likely N-dealkylation sites (tertiary alicyclic amines) is 1. The van der Waals surface area contributed by atoms with Crippen molar-refractivity contribution in [1.29, 1.82) is 0 Å². The lowest BCUT2D eigenvalue weighted by molar-refractivity contribution is -0.109. The van der Waals surface area contributed by atoms with Gasteiger partial charge in [-0.1, -0.05) is 13.2 Å². The molecule has 2 N–H and O–H groups in total. The van der Waals surface area contributed by atoms with Crippen molar-refractivity contribution in [1.82, 2.24) is 15.5 Å². The van der Waals surface area contributed by atoms with Crippen molar-refractivity contribution in [2.24, 2.45) is 0 Å². The average Bonchev–Trinajstić information content (AvgIpc) is 2.98. The molecule has 2 fully saturated rings. The van der Waals surface area contributed by atoms with E-state index in [1.54, 1.807) is 0 Å². The predicted molar refractivity (Wildman–Crippen MR) is 68.2 cm³/mol. The van der Waals surface area contributed by atoms with Crippen molar-refractivity contribution in [2.75, 3.05) is 13.1 Å². The fourth-order valence-corrected chi connectivity index (χ4v) is 2.35. The second-order valence-electron chi connectivity index (χ2n) is 4.86. The van der Waals surface area contributed by atoms with Crippen LogP contribution in [0.15, 0.2) is 24.6 Å². The highest BCUT2D eigenvalue weighted by Crippen LogP contribution is 2.28. The first-order valence-electron chi connectivity index (χ1n) is 6.29. The molecule has 0 spiro atoms. The number of nitrogens with zero attached hydrogens (tertiary/aromatic N) is 1. The number of carbonyl (C=O) groups excluding carboxylic acids is 1. The molecule has 1 aliphatic carbocycles. The summed E-state index contributed by atoms with van der Waals surface area (Å²) >= 11 is 0. The molecule has 17 heavy (non-hydrogen) atoms. The first kappa shape index (κ1) is 12.0. The summed E-state index contributed by atoms with van der Waals surface area (Å²) in [4.78, 5) is 12.6. The lowest BCUT2D eigenvalue weighted by Gasteiger charge is -2.30. The van der Waals surface area contributed by atoms with Gasteiger partial charge in [-0.15, -0.1) is 0 Å². The van der Waals surface area contributed by atoms with Crippen LogP contribution in [0.25, 0.3) is 0 Å². The fourth-order valence-electron chi connectivity index (χ4n) is 2.35. The molecule has 0 aromatic carbocycles. The zero-order valence-electron chi connectivity index (χ0n) is 10.2. The number of carbonyl (C=O) groups is 1. The van der Waals surface area contributed by atoms with E-state index >= 15 is 0 Å². The van der Waals surface area contributed by atoms with Gasteiger partial charge in [0.15, 0.2) is 0 Å². The highest BCUT2D eigenvalue weighted by Gasteiger charge is 2.30. The maximum absolute atomic E-state index is 10.3. The predicted octanol–water partition coefficient (Wildman–Crippen LogP) is 0.976. The van der Waals surface area contributed by atoms with Crippen LogP contribution in [0.5, 0.6) is 0 Å². The topological polar surface area (TPSA) is 44.4 Å². The smallest absolute Gasteiger partial charge is 0.207 e. The lowest BCUT2D eigenvalue weighted by atomic mass is 10.1. The van der Waals surface area contributed by atoms with Gasteiger partial charge in [0.05, 0.1) is 12.6 Å². The molecule has 0 aromatic rings. The largest absolute Gasteiger partial charge is 0.384 e. The van der Waals surface area contributed by atoms with Crippen LogP contribution in [-0.4, -0.2) is 36.5 Å². The molecular weight excluding hydrogens is 214 g/mol. The summed E-state index contributed by atoms with van der Waals surface area (Å²) in [6.07, 6.45) is 5.53. The summed E-state index contributed by atoms with van der Waals surface area (Å²) in [5, 5.41) is 6.14. The molecule has 0 bridgehead atoms. The molecular formula is C13H21N3O. The number of amides is 1. The Kier molecular flexibility index (Phi) is 3.71. The van der Waals surface area contributed by atoms with Gasteiger partial charge in [-0.3, -0.25) is 4.79 Å². The molecule has 1 saturated carbocycles. The molecule has 1 heterocycles. The van der Waals surface area contributed by atoms with E-state index in [1.807, 2.05) is 0 Å². The highest BCUT2D eigenvalue weighted by atomic mass is 16.1. The number of hydrogen-bond acceptors (Lipinski definition) is 3. The second-order valence-corrected chi connectivity index (χ2v) is 4.86. The van der Waals surface area contributed by atoms with Gasteiger partial charge in [0, 0.05) is 24.0 Å². The van der Waals surface area contributed by atoms with Crippen LogP contribution in [0.2, 0.25) is 0 Å². The minimum Gasteiger partial charge on any atom is -0.384 e. The molecule has 1 amide bonds. The third-order valence-corrected chi connectivity index (χ3v) is 3.42. The Morgan fingerprint density at radius 3 is 2.76 bits per heavy atom. The van der Waals surface area contributed by atoms with E-state index in [-0.39, 0.29) is 0 Å². The Morgan fingerprint density at radius 1 is 1.35 bits per heavy atom. The van der Waals surface area contributed by atoms with E-state index in [2.05, 4.69) is 28.7 Å². The number of nitrogens with one attached hydrogen (secondary N) is 2. The van der Waals surface area contributed by atoms with Crippen molar-refractivity contribution in [3.63, 3.8) is 0 Å². The Balaban J connectivity index is 1.88. The third-order valence-electron chi connectivity index (χ3n) is 3.42. The van der Waals surface area contributed by atoms with Gasteiger partial charge in [-0.2, -0.15) is 0 Å². The van der Waals surface area contributed by atoms with Crippen LogP contribution in [0.3, 0.4) is 0 Å². The molecule has 0 aromatic heterocycles. The minimum absolute atomic E-state index is 0.344. The number of rotatable bonds is 7. The summed E-state index contributed by atoms with van der Waals surface area (Å²) < 4.78 is 0. The van der Waals surface area contributed by atoms with E-state index < -0.39 is 0 Å². The molecule has 94 valence electrons. The summed E-state index contributed by atoms with van der Waals surface area (Å²) in [5.41, 5.74) is 2.08. The Bertz CT molecular complexity index is 323. The molecule has 0 unspecified atom stereocenters. The zero-order chi connectivity index (χ0) is 12.3. The minimum atomic E-state index is 0.344. The summed E-state index contributed by atoms with van der Waals surface area (Å²) in [7, 11) is 0. The van der Waals surface area contributed by atoms with Gasteiger partial charge >= 0.3 is 0 Å². The molecule has 4 nitrogen and oxygen atoms in total. The second kappa shape index (κ2) is 5.25. The van der Waals surface area contributed by atoms with Crippen molar-refractivity contribution >= 4 is 6.41 Å². The third kappa shape index (κ3) is 3.02. The molecule has 1 saturated heterocycles. The molecule has 1 atom stereocenters. The van der Waals surface area contributed by atoms with Crippen molar-refractivity contribution < 1.29 is 4.79 Å². The molecule has 4 heteroatoms. The van der Waals surface area contributed by atoms with Crippen LogP contribution < -0.4 is 10.6 Å². The maximum atomic E-state index is 10.3. The van der Waals surface area contributed by atoms with Crippen molar-refractivity contribution in [3.05, 3.63) is 24.6 Å². The first-order chi connectivity index (χ1) is 8.22. The van der Waals surface area contributed by atoms with Crippen LogP contribution in [0.1, 0.15) is 25.7 Å². The first-order valence-corrected chi connectivity index (χ1v) is 6.29. The Hall–Kier alpha value is -1.45. The number of hydrogen-bond donors (Lipinski definition) is 2. The van der Waals surface area contributed by atoms with Gasteiger partial charge in [-0.25, -0.2) is 0 Å². The van der Waals surface area contributed by atoms with Crippen LogP contribution in [-0.2, 0) is 4.79 Å². The molecule has 2 rings (SSSR count). The SMILES string of the molecule is C=C(NC1CC1)[C@@H]1CCCN1C(=C)CNC=O. The monoisotopic (exact) mass is 235 g/mol. The van der Waals surface area contributed by atoms with Gasteiger partial charge in [0.25, 0.3) is 0 Å². The van der Waals surface area contributed by atoms with Gasteiger partial charge in [0.1, 0.15) is 0 Å². The van der Waals surface area contributed by atoms with Crippen LogP contribution in [0.4, 0.5) is 0 Å². The van der Waals surface area contributed by atoms with E-state index in [0.29, 0.717) is 25.0 Å². The summed E-state index contributed by atoms with van der Waals surface area (Å²) in [6, 6.07) is 0.989. The van der Waals surface area contributed by atoms with Crippen molar-refractivity contribution in [3.8, 4) is 0 Å². The van der Waals surface area contributed by atoms with E-state index in [9.17, 15) is 4.79 Å². The molecule has 0 radical (unpaired) electrons. The van der Waals surface area contributed by atoms with Crippen LogP contribution in [0, 0.1) is 0 Å². The molecule has 2 aliphatic rings.